The average molecular weight is 198 g/mol. The average Bonchev–Trinajstić information content (AvgIpc) is 2.11. The van der Waals surface area contributed by atoms with Gasteiger partial charge in [0.2, 0.25) is 0 Å². The standard InChI is InChI=1S/C12H22O2/c1-11(2)7-5-3-4-6-8-12(14)9-10-13/h10-11H,3-9H2,1-2H3. The lowest BCUT2D eigenvalue weighted by Gasteiger charge is -2.03. The topological polar surface area (TPSA) is 34.1 Å². The molecule has 82 valence electrons. The number of hydrogen-bond donors (Lipinski definition) is 0. The summed E-state index contributed by atoms with van der Waals surface area (Å²) >= 11 is 0. The van der Waals surface area contributed by atoms with Crippen molar-refractivity contribution in [1.82, 2.24) is 0 Å². The monoisotopic (exact) mass is 198 g/mol. The Bertz CT molecular complexity index is 162. The van der Waals surface area contributed by atoms with Crippen LogP contribution in [0.25, 0.3) is 0 Å². The Labute approximate surface area is 87.1 Å². The molecule has 0 bridgehead atoms. The van der Waals surface area contributed by atoms with Gasteiger partial charge < -0.3 is 4.79 Å². The maximum absolute atomic E-state index is 11.0. The summed E-state index contributed by atoms with van der Waals surface area (Å²) < 4.78 is 0. The third kappa shape index (κ3) is 9.43. The zero-order chi connectivity index (χ0) is 10.8. The number of carbonyl (C=O) groups excluding carboxylic acids is 2. The van der Waals surface area contributed by atoms with E-state index in [0.29, 0.717) is 12.7 Å². The summed E-state index contributed by atoms with van der Waals surface area (Å²) in [6.45, 7) is 4.46. The van der Waals surface area contributed by atoms with Gasteiger partial charge in [-0.1, -0.05) is 39.5 Å². The molecule has 0 atom stereocenters. The fourth-order valence-corrected chi connectivity index (χ4v) is 1.42. The molecule has 2 heteroatoms. The second-order valence-electron chi connectivity index (χ2n) is 4.26. The van der Waals surface area contributed by atoms with Crippen LogP contribution in [-0.4, -0.2) is 12.1 Å². The SMILES string of the molecule is CC(C)CCCCCCC(=O)CC=O. The molecule has 0 saturated heterocycles. The molecule has 0 saturated carbocycles. The highest BCUT2D eigenvalue weighted by atomic mass is 16.1. The van der Waals surface area contributed by atoms with Crippen LogP contribution >= 0.6 is 0 Å². The van der Waals surface area contributed by atoms with Gasteiger partial charge in [-0.3, -0.25) is 4.79 Å². The Morgan fingerprint density at radius 3 is 2.36 bits per heavy atom. The Balaban J connectivity index is 3.13. The van der Waals surface area contributed by atoms with Crippen molar-refractivity contribution in [2.75, 3.05) is 0 Å². The molecule has 0 spiro atoms. The number of carbonyl (C=O) groups is 2. The van der Waals surface area contributed by atoms with Crippen LogP contribution in [0.5, 0.6) is 0 Å². The fraction of sp³-hybridized carbons (Fsp3) is 0.833. The van der Waals surface area contributed by atoms with Gasteiger partial charge in [0.25, 0.3) is 0 Å². The van der Waals surface area contributed by atoms with Crippen molar-refractivity contribution in [3.8, 4) is 0 Å². The van der Waals surface area contributed by atoms with Gasteiger partial charge in [-0.2, -0.15) is 0 Å². The van der Waals surface area contributed by atoms with Crippen LogP contribution < -0.4 is 0 Å². The van der Waals surface area contributed by atoms with Gasteiger partial charge in [0.05, 0.1) is 6.42 Å². The van der Waals surface area contributed by atoms with Crippen LogP contribution in [0.15, 0.2) is 0 Å². The molecule has 0 radical (unpaired) electrons. The summed E-state index contributed by atoms with van der Waals surface area (Å²) in [5.74, 6) is 0.871. The van der Waals surface area contributed by atoms with Crippen LogP contribution in [0.4, 0.5) is 0 Å². The minimum atomic E-state index is 0.0869. The number of ketones is 1. The van der Waals surface area contributed by atoms with E-state index in [2.05, 4.69) is 13.8 Å². The summed E-state index contributed by atoms with van der Waals surface area (Å²) in [4.78, 5) is 21.0. The molecule has 0 aliphatic heterocycles. The fourth-order valence-electron chi connectivity index (χ4n) is 1.42. The number of Topliss-reactive ketones (excluding diaryl/α,β-unsaturated/α-hetero) is 1. The Morgan fingerprint density at radius 1 is 1.14 bits per heavy atom. The first-order valence-electron chi connectivity index (χ1n) is 5.62. The van der Waals surface area contributed by atoms with Gasteiger partial charge in [0.15, 0.2) is 0 Å². The summed E-state index contributed by atoms with van der Waals surface area (Å²) in [5.41, 5.74) is 0. The maximum Gasteiger partial charge on any atom is 0.139 e. The van der Waals surface area contributed by atoms with Crippen LogP contribution in [0.2, 0.25) is 0 Å². The van der Waals surface area contributed by atoms with Crippen molar-refractivity contribution in [2.24, 2.45) is 5.92 Å². The first-order chi connectivity index (χ1) is 6.66. The van der Waals surface area contributed by atoms with E-state index in [1.807, 2.05) is 0 Å². The van der Waals surface area contributed by atoms with Crippen molar-refractivity contribution in [3.63, 3.8) is 0 Å². The molecule has 0 aromatic rings. The smallest absolute Gasteiger partial charge is 0.139 e. The van der Waals surface area contributed by atoms with Crippen LogP contribution in [0.3, 0.4) is 0 Å². The Hall–Kier alpha value is -0.660. The van der Waals surface area contributed by atoms with Crippen molar-refractivity contribution in [3.05, 3.63) is 0 Å². The summed E-state index contributed by atoms with van der Waals surface area (Å²) in [6.07, 6.45) is 7.21. The van der Waals surface area contributed by atoms with Crippen molar-refractivity contribution in [2.45, 2.75) is 58.8 Å². The zero-order valence-electron chi connectivity index (χ0n) is 9.42. The molecule has 0 aliphatic carbocycles. The second-order valence-corrected chi connectivity index (χ2v) is 4.26. The molecule has 0 aromatic carbocycles. The van der Waals surface area contributed by atoms with Gasteiger partial charge in [-0.25, -0.2) is 0 Å². The number of aldehydes is 1. The Kier molecular flexibility index (Phi) is 8.50. The molecule has 14 heavy (non-hydrogen) atoms. The molecule has 0 aliphatic rings. The van der Waals surface area contributed by atoms with E-state index in [0.717, 1.165) is 18.8 Å². The second kappa shape index (κ2) is 8.92. The quantitative estimate of drug-likeness (QED) is 0.324. The molecule has 0 amide bonds. The summed E-state index contributed by atoms with van der Waals surface area (Å²) in [6, 6.07) is 0. The van der Waals surface area contributed by atoms with E-state index in [1.54, 1.807) is 0 Å². The normalized spacial score (nSPS) is 10.5. The largest absolute Gasteiger partial charge is 0.303 e. The van der Waals surface area contributed by atoms with Gasteiger partial charge in [0, 0.05) is 6.42 Å². The molecule has 0 fully saturated rings. The third-order valence-corrected chi connectivity index (χ3v) is 2.30. The van der Waals surface area contributed by atoms with Gasteiger partial charge >= 0.3 is 0 Å². The highest BCUT2D eigenvalue weighted by molar-refractivity contribution is 5.89. The predicted octanol–water partition coefficient (Wildman–Crippen LogP) is 3.14. The number of hydrogen-bond acceptors (Lipinski definition) is 2. The molecule has 0 unspecified atom stereocenters. The lowest BCUT2D eigenvalue weighted by atomic mass is 10.0. The van der Waals surface area contributed by atoms with E-state index in [9.17, 15) is 9.59 Å². The Morgan fingerprint density at radius 2 is 1.79 bits per heavy atom. The highest BCUT2D eigenvalue weighted by Crippen LogP contribution is 2.10. The third-order valence-electron chi connectivity index (χ3n) is 2.30. The summed E-state index contributed by atoms with van der Waals surface area (Å²) in [5, 5.41) is 0. The van der Waals surface area contributed by atoms with Gasteiger partial charge in [-0.15, -0.1) is 0 Å². The molecular weight excluding hydrogens is 176 g/mol. The lowest BCUT2D eigenvalue weighted by molar-refractivity contribution is -0.122. The maximum atomic E-state index is 11.0. The molecule has 0 aromatic heterocycles. The molecule has 0 heterocycles. The predicted molar refractivity (Wildman–Crippen MR) is 58.2 cm³/mol. The molecule has 0 rings (SSSR count). The number of rotatable bonds is 9. The summed E-state index contributed by atoms with van der Waals surface area (Å²) in [7, 11) is 0. The van der Waals surface area contributed by atoms with E-state index in [1.165, 1.54) is 19.3 Å². The lowest BCUT2D eigenvalue weighted by Crippen LogP contribution is -1.97. The first-order valence-corrected chi connectivity index (χ1v) is 5.62. The van der Waals surface area contributed by atoms with E-state index in [-0.39, 0.29) is 12.2 Å². The van der Waals surface area contributed by atoms with Crippen LogP contribution in [0.1, 0.15) is 58.8 Å². The zero-order valence-corrected chi connectivity index (χ0v) is 9.42. The highest BCUT2D eigenvalue weighted by Gasteiger charge is 2.00. The van der Waals surface area contributed by atoms with Crippen LogP contribution in [-0.2, 0) is 9.59 Å². The van der Waals surface area contributed by atoms with Gasteiger partial charge in [0.1, 0.15) is 12.1 Å². The van der Waals surface area contributed by atoms with Crippen molar-refractivity contribution < 1.29 is 9.59 Å². The molecule has 2 nitrogen and oxygen atoms in total. The van der Waals surface area contributed by atoms with Crippen molar-refractivity contribution >= 4 is 12.1 Å². The van der Waals surface area contributed by atoms with Crippen LogP contribution in [0, 0.1) is 5.92 Å². The molecular formula is C12H22O2. The number of unbranched alkanes of at least 4 members (excludes halogenated alkanes) is 3. The minimum Gasteiger partial charge on any atom is -0.303 e. The van der Waals surface area contributed by atoms with Crippen molar-refractivity contribution in [1.29, 1.82) is 0 Å². The van der Waals surface area contributed by atoms with E-state index >= 15 is 0 Å². The van der Waals surface area contributed by atoms with E-state index in [4.69, 9.17) is 0 Å². The van der Waals surface area contributed by atoms with Gasteiger partial charge in [-0.05, 0) is 12.3 Å². The molecule has 0 N–H and O–H groups in total. The minimum absolute atomic E-state index is 0.0869. The van der Waals surface area contributed by atoms with E-state index < -0.39 is 0 Å². The first kappa shape index (κ1) is 13.3.